The highest BCUT2D eigenvalue weighted by molar-refractivity contribution is 5.76. The normalized spacial score (nSPS) is 20.1. The summed E-state index contributed by atoms with van der Waals surface area (Å²) in [6, 6.07) is 7.40. The van der Waals surface area contributed by atoms with Crippen LogP contribution in [0.1, 0.15) is 24.4 Å². The van der Waals surface area contributed by atoms with Gasteiger partial charge in [0, 0.05) is 31.7 Å². The van der Waals surface area contributed by atoms with Crippen molar-refractivity contribution in [2.75, 3.05) is 26.2 Å². The molecule has 3 aromatic rings. The Morgan fingerprint density at radius 3 is 2.59 bits per heavy atom. The monoisotopic (exact) mass is 451 g/mol. The van der Waals surface area contributed by atoms with Gasteiger partial charge in [0.15, 0.2) is 11.5 Å². The van der Waals surface area contributed by atoms with Crippen molar-refractivity contribution in [1.82, 2.24) is 14.5 Å². The number of halogens is 4. The largest absolute Gasteiger partial charge is 0.486 e. The number of H-pyrrole nitrogens is 1. The average Bonchev–Trinajstić information content (AvgIpc) is 3.08. The number of hydrogen-bond acceptors (Lipinski definition) is 4. The van der Waals surface area contributed by atoms with Crippen LogP contribution >= 0.6 is 0 Å². The highest BCUT2D eigenvalue weighted by Gasteiger charge is 2.32. The molecule has 1 saturated heterocycles. The van der Waals surface area contributed by atoms with Crippen LogP contribution in [0.2, 0.25) is 0 Å². The number of imidazole rings is 1. The number of rotatable bonds is 3. The van der Waals surface area contributed by atoms with Crippen LogP contribution in [0.3, 0.4) is 0 Å². The van der Waals surface area contributed by atoms with Crippen molar-refractivity contribution in [1.29, 1.82) is 0 Å². The lowest BCUT2D eigenvalue weighted by Crippen LogP contribution is -2.45. The van der Waals surface area contributed by atoms with E-state index in [1.807, 2.05) is 0 Å². The molecule has 1 unspecified atom stereocenters. The smallest absolute Gasteiger partial charge is 0.416 e. The Morgan fingerprint density at radius 1 is 1.06 bits per heavy atom. The first-order valence-electron chi connectivity index (χ1n) is 10.4. The standard InChI is InChI=1S/C22H21F4N3O3/c23-14-2-4-19-20(10-14)32-16(12-31-19)11-28-7-5-15(6-8-28)29-18-3-1-13(22(24,25)26)9-17(18)27-21(29)30/h1-4,9-10,15-16H,5-8,11-12H2,(H,27,30). The van der Waals surface area contributed by atoms with Crippen LogP contribution in [0.25, 0.3) is 11.0 Å². The maximum absolute atomic E-state index is 13.4. The second-order valence-corrected chi connectivity index (χ2v) is 8.20. The molecule has 1 fully saturated rings. The van der Waals surface area contributed by atoms with E-state index in [-0.39, 0.29) is 23.5 Å². The number of benzene rings is 2. The summed E-state index contributed by atoms with van der Waals surface area (Å²) in [5.41, 5.74) is -0.528. The molecule has 3 heterocycles. The molecule has 2 aliphatic rings. The SMILES string of the molecule is O=c1[nH]c2cc(C(F)(F)F)ccc2n1C1CCN(CC2COc3ccc(F)cc3O2)CC1. The van der Waals surface area contributed by atoms with E-state index in [1.54, 1.807) is 10.6 Å². The first-order chi connectivity index (χ1) is 15.3. The van der Waals surface area contributed by atoms with E-state index in [4.69, 9.17) is 9.47 Å². The Hall–Kier alpha value is -3.01. The Kier molecular flexibility index (Phi) is 5.11. The lowest BCUT2D eigenvalue weighted by molar-refractivity contribution is -0.137. The summed E-state index contributed by atoms with van der Waals surface area (Å²) in [6.45, 7) is 2.35. The zero-order valence-electron chi connectivity index (χ0n) is 17.0. The van der Waals surface area contributed by atoms with Gasteiger partial charge in [-0.1, -0.05) is 0 Å². The molecule has 0 radical (unpaired) electrons. The summed E-state index contributed by atoms with van der Waals surface area (Å²) in [7, 11) is 0. The minimum absolute atomic E-state index is 0.109. The third-order valence-corrected chi connectivity index (χ3v) is 6.05. The first kappa shape index (κ1) is 20.9. The molecular weight excluding hydrogens is 430 g/mol. The van der Waals surface area contributed by atoms with Crippen LogP contribution in [0.15, 0.2) is 41.2 Å². The molecule has 2 aliphatic heterocycles. The molecule has 0 bridgehead atoms. The number of nitrogens with one attached hydrogen (secondary N) is 1. The Balaban J connectivity index is 1.25. The molecule has 1 aromatic heterocycles. The second kappa shape index (κ2) is 7.84. The highest BCUT2D eigenvalue weighted by atomic mass is 19.4. The molecule has 0 amide bonds. The lowest BCUT2D eigenvalue weighted by atomic mass is 10.0. The van der Waals surface area contributed by atoms with Gasteiger partial charge in [0.2, 0.25) is 0 Å². The summed E-state index contributed by atoms with van der Waals surface area (Å²) < 4.78 is 65.5. The summed E-state index contributed by atoms with van der Waals surface area (Å²) in [5, 5.41) is 0. The van der Waals surface area contributed by atoms with Crippen molar-refractivity contribution in [3.63, 3.8) is 0 Å². The van der Waals surface area contributed by atoms with Gasteiger partial charge < -0.3 is 14.5 Å². The summed E-state index contributed by atoms with van der Waals surface area (Å²) in [4.78, 5) is 17.2. The molecular formula is C22H21F4N3O3. The molecule has 32 heavy (non-hydrogen) atoms. The quantitative estimate of drug-likeness (QED) is 0.613. The third kappa shape index (κ3) is 3.94. The number of fused-ring (bicyclic) bond motifs is 2. The zero-order chi connectivity index (χ0) is 22.5. The molecule has 0 aliphatic carbocycles. The van der Waals surface area contributed by atoms with E-state index >= 15 is 0 Å². The Morgan fingerprint density at radius 2 is 1.84 bits per heavy atom. The van der Waals surface area contributed by atoms with Gasteiger partial charge >= 0.3 is 11.9 Å². The minimum Gasteiger partial charge on any atom is -0.486 e. The minimum atomic E-state index is -4.46. The molecule has 0 spiro atoms. The van der Waals surface area contributed by atoms with Crippen molar-refractivity contribution in [3.8, 4) is 11.5 Å². The van der Waals surface area contributed by atoms with Crippen LogP contribution in [-0.2, 0) is 6.18 Å². The molecule has 170 valence electrons. The average molecular weight is 451 g/mol. The lowest BCUT2D eigenvalue weighted by Gasteiger charge is -2.36. The van der Waals surface area contributed by atoms with Gasteiger partial charge in [0.1, 0.15) is 18.5 Å². The highest BCUT2D eigenvalue weighted by Crippen LogP contribution is 2.34. The van der Waals surface area contributed by atoms with Crippen molar-refractivity contribution in [3.05, 3.63) is 58.3 Å². The van der Waals surface area contributed by atoms with Gasteiger partial charge in [0.05, 0.1) is 16.6 Å². The van der Waals surface area contributed by atoms with E-state index in [0.717, 1.165) is 12.1 Å². The number of piperidine rings is 1. The van der Waals surface area contributed by atoms with E-state index in [9.17, 15) is 22.4 Å². The van der Waals surface area contributed by atoms with Gasteiger partial charge in [0.25, 0.3) is 0 Å². The predicted molar refractivity (Wildman–Crippen MR) is 109 cm³/mol. The second-order valence-electron chi connectivity index (χ2n) is 8.20. The number of ether oxygens (including phenoxy) is 2. The summed E-state index contributed by atoms with van der Waals surface area (Å²) in [5.74, 6) is 0.522. The topological polar surface area (TPSA) is 59.5 Å². The number of likely N-dealkylation sites (tertiary alicyclic amines) is 1. The zero-order valence-corrected chi connectivity index (χ0v) is 17.0. The first-order valence-corrected chi connectivity index (χ1v) is 10.4. The van der Waals surface area contributed by atoms with Gasteiger partial charge in [-0.05, 0) is 43.2 Å². The molecule has 2 aromatic carbocycles. The van der Waals surface area contributed by atoms with E-state index in [1.165, 1.54) is 18.2 Å². The van der Waals surface area contributed by atoms with Crippen molar-refractivity contribution in [2.45, 2.75) is 31.2 Å². The van der Waals surface area contributed by atoms with Crippen LogP contribution < -0.4 is 15.2 Å². The molecule has 10 heteroatoms. The van der Waals surface area contributed by atoms with Gasteiger partial charge in [-0.15, -0.1) is 0 Å². The van der Waals surface area contributed by atoms with Crippen molar-refractivity contribution >= 4 is 11.0 Å². The molecule has 0 saturated carbocycles. The van der Waals surface area contributed by atoms with Gasteiger partial charge in [-0.3, -0.25) is 9.47 Å². The predicted octanol–water partition coefficient (Wildman–Crippen LogP) is 3.96. The molecule has 1 N–H and O–H groups in total. The number of aromatic amines is 1. The van der Waals surface area contributed by atoms with Crippen LogP contribution in [0, 0.1) is 5.82 Å². The fourth-order valence-electron chi connectivity index (χ4n) is 4.50. The fourth-order valence-corrected chi connectivity index (χ4v) is 4.50. The number of alkyl halides is 3. The van der Waals surface area contributed by atoms with Crippen molar-refractivity contribution in [2.24, 2.45) is 0 Å². The third-order valence-electron chi connectivity index (χ3n) is 6.05. The van der Waals surface area contributed by atoms with Crippen LogP contribution in [0.5, 0.6) is 11.5 Å². The van der Waals surface area contributed by atoms with Gasteiger partial charge in [-0.25, -0.2) is 9.18 Å². The maximum Gasteiger partial charge on any atom is 0.416 e. The number of hydrogen-bond donors (Lipinski definition) is 1. The Labute approximate surface area is 180 Å². The molecule has 1 atom stereocenters. The van der Waals surface area contributed by atoms with Gasteiger partial charge in [-0.2, -0.15) is 13.2 Å². The fraction of sp³-hybridized carbons (Fsp3) is 0.409. The summed E-state index contributed by atoms with van der Waals surface area (Å²) >= 11 is 0. The maximum atomic E-state index is 13.4. The van der Waals surface area contributed by atoms with E-state index in [0.29, 0.717) is 56.1 Å². The Bertz CT molecular complexity index is 1200. The van der Waals surface area contributed by atoms with E-state index in [2.05, 4.69) is 9.88 Å². The van der Waals surface area contributed by atoms with E-state index < -0.39 is 17.4 Å². The molecule has 5 rings (SSSR count). The van der Waals surface area contributed by atoms with Crippen molar-refractivity contribution < 1.29 is 27.0 Å². The van der Waals surface area contributed by atoms with Crippen LogP contribution in [0.4, 0.5) is 17.6 Å². The summed E-state index contributed by atoms with van der Waals surface area (Å²) in [6.07, 6.45) is -3.35. The number of aromatic nitrogens is 2. The number of nitrogens with zero attached hydrogens (tertiary/aromatic N) is 2. The molecule has 6 nitrogen and oxygen atoms in total. The van der Waals surface area contributed by atoms with Crippen LogP contribution in [-0.4, -0.2) is 46.8 Å².